The lowest BCUT2D eigenvalue weighted by Crippen LogP contribution is -1.98. The number of ether oxygens (including phenoxy) is 1. The van der Waals surface area contributed by atoms with Crippen LogP contribution in [0.2, 0.25) is 0 Å². The summed E-state index contributed by atoms with van der Waals surface area (Å²) in [6.45, 7) is 4.34. The van der Waals surface area contributed by atoms with Crippen molar-refractivity contribution in [2.75, 3.05) is 0 Å². The fraction of sp³-hybridized carbons (Fsp3) is 0.188. The zero-order valence-electron chi connectivity index (χ0n) is 11.1. The summed E-state index contributed by atoms with van der Waals surface area (Å²) in [6.07, 6.45) is 0. The van der Waals surface area contributed by atoms with Crippen LogP contribution < -0.4 is 4.74 Å². The van der Waals surface area contributed by atoms with Crippen molar-refractivity contribution >= 4 is 5.71 Å². The molecule has 98 valence electrons. The zero-order chi connectivity index (χ0) is 13.7. The minimum Gasteiger partial charge on any atom is -0.489 e. The lowest BCUT2D eigenvalue weighted by molar-refractivity contribution is 0.306. The third kappa shape index (κ3) is 3.58. The first-order valence-electron chi connectivity index (χ1n) is 6.16. The minimum atomic E-state index is 0.528. The lowest BCUT2D eigenvalue weighted by Gasteiger charge is -2.08. The molecule has 0 bridgehead atoms. The van der Waals surface area contributed by atoms with Gasteiger partial charge in [0.25, 0.3) is 0 Å². The van der Waals surface area contributed by atoms with Crippen molar-refractivity contribution in [3.05, 3.63) is 65.2 Å². The molecule has 0 fully saturated rings. The summed E-state index contributed by atoms with van der Waals surface area (Å²) in [5.74, 6) is 0.766. The van der Waals surface area contributed by atoms with Gasteiger partial charge in [0, 0.05) is 5.56 Å². The molecule has 0 aromatic heterocycles. The zero-order valence-corrected chi connectivity index (χ0v) is 11.1. The average Bonchev–Trinajstić information content (AvgIpc) is 2.45. The van der Waals surface area contributed by atoms with E-state index >= 15 is 0 Å². The van der Waals surface area contributed by atoms with Crippen LogP contribution in [0.4, 0.5) is 0 Å². The van der Waals surface area contributed by atoms with Gasteiger partial charge in [0.2, 0.25) is 0 Å². The number of nitrogens with zero attached hydrogens (tertiary/aromatic N) is 1. The van der Waals surface area contributed by atoms with Crippen LogP contribution in [-0.2, 0) is 6.61 Å². The van der Waals surface area contributed by atoms with Crippen molar-refractivity contribution in [3.63, 3.8) is 0 Å². The third-order valence-corrected chi connectivity index (χ3v) is 2.89. The summed E-state index contributed by atoms with van der Waals surface area (Å²) in [6, 6.07) is 15.7. The van der Waals surface area contributed by atoms with Gasteiger partial charge in [-0.05, 0) is 31.5 Å². The molecule has 0 radical (unpaired) electrons. The van der Waals surface area contributed by atoms with E-state index in [1.165, 1.54) is 5.56 Å². The van der Waals surface area contributed by atoms with Gasteiger partial charge in [0.1, 0.15) is 12.4 Å². The van der Waals surface area contributed by atoms with E-state index in [0.29, 0.717) is 12.3 Å². The molecule has 2 rings (SSSR count). The van der Waals surface area contributed by atoms with Gasteiger partial charge in [-0.2, -0.15) is 0 Å². The lowest BCUT2D eigenvalue weighted by atomic mass is 10.1. The molecule has 0 saturated carbocycles. The van der Waals surface area contributed by atoms with Crippen LogP contribution in [0.1, 0.15) is 23.6 Å². The second kappa shape index (κ2) is 6.05. The Bertz CT molecular complexity index is 591. The van der Waals surface area contributed by atoms with Crippen LogP contribution in [0.5, 0.6) is 5.75 Å². The molecular formula is C16H17NO2. The van der Waals surface area contributed by atoms with Crippen LogP contribution in [0, 0.1) is 6.92 Å². The van der Waals surface area contributed by atoms with Gasteiger partial charge in [-0.1, -0.05) is 47.1 Å². The molecule has 0 spiro atoms. The van der Waals surface area contributed by atoms with E-state index in [4.69, 9.17) is 9.94 Å². The largest absolute Gasteiger partial charge is 0.489 e. The molecule has 0 unspecified atom stereocenters. The SMILES string of the molecule is C/C(=N\O)c1cccc(OCc2cccc(C)c2)c1. The molecular weight excluding hydrogens is 238 g/mol. The van der Waals surface area contributed by atoms with Gasteiger partial charge in [0.15, 0.2) is 0 Å². The van der Waals surface area contributed by atoms with Crippen LogP contribution in [0.3, 0.4) is 0 Å². The van der Waals surface area contributed by atoms with Gasteiger partial charge in [-0.3, -0.25) is 0 Å². The Labute approximate surface area is 113 Å². The number of benzene rings is 2. The summed E-state index contributed by atoms with van der Waals surface area (Å²) in [5, 5.41) is 12.0. The summed E-state index contributed by atoms with van der Waals surface area (Å²) in [7, 11) is 0. The monoisotopic (exact) mass is 255 g/mol. The van der Waals surface area contributed by atoms with Gasteiger partial charge >= 0.3 is 0 Å². The number of hydrogen-bond acceptors (Lipinski definition) is 3. The molecule has 0 heterocycles. The highest BCUT2D eigenvalue weighted by atomic mass is 16.5. The topological polar surface area (TPSA) is 41.8 Å². The summed E-state index contributed by atoms with van der Waals surface area (Å²) in [4.78, 5) is 0. The maximum absolute atomic E-state index is 8.76. The van der Waals surface area contributed by atoms with E-state index < -0.39 is 0 Å². The molecule has 0 aliphatic carbocycles. The van der Waals surface area contributed by atoms with Gasteiger partial charge < -0.3 is 9.94 Å². The number of aryl methyl sites for hydroxylation is 1. The van der Waals surface area contributed by atoms with Crippen molar-refractivity contribution in [1.29, 1.82) is 0 Å². The number of rotatable bonds is 4. The molecule has 2 aromatic rings. The molecule has 0 aliphatic heterocycles. The highest BCUT2D eigenvalue weighted by molar-refractivity contribution is 5.98. The maximum Gasteiger partial charge on any atom is 0.120 e. The van der Waals surface area contributed by atoms with E-state index in [2.05, 4.69) is 24.2 Å². The molecule has 3 nitrogen and oxygen atoms in total. The standard InChI is InChI=1S/C16H17NO2/c1-12-5-3-6-14(9-12)11-19-16-8-4-7-15(10-16)13(2)17-18/h3-10,18H,11H2,1-2H3/b17-13+. The quantitative estimate of drug-likeness (QED) is 0.513. The van der Waals surface area contributed by atoms with Gasteiger partial charge in [0.05, 0.1) is 5.71 Å². The Morgan fingerprint density at radius 2 is 1.95 bits per heavy atom. The Hall–Kier alpha value is -2.29. The van der Waals surface area contributed by atoms with Crippen molar-refractivity contribution in [3.8, 4) is 5.75 Å². The highest BCUT2D eigenvalue weighted by Crippen LogP contribution is 2.16. The van der Waals surface area contributed by atoms with Crippen LogP contribution >= 0.6 is 0 Å². The predicted molar refractivity (Wildman–Crippen MR) is 76.0 cm³/mol. The average molecular weight is 255 g/mol. The molecule has 0 aliphatic rings. The fourth-order valence-corrected chi connectivity index (χ4v) is 1.84. The second-order valence-corrected chi connectivity index (χ2v) is 4.49. The first kappa shape index (κ1) is 13.1. The third-order valence-electron chi connectivity index (χ3n) is 2.89. The van der Waals surface area contributed by atoms with Crippen LogP contribution in [0.25, 0.3) is 0 Å². The second-order valence-electron chi connectivity index (χ2n) is 4.49. The van der Waals surface area contributed by atoms with Gasteiger partial charge in [-0.25, -0.2) is 0 Å². The van der Waals surface area contributed by atoms with Crippen molar-refractivity contribution in [2.24, 2.45) is 5.16 Å². The summed E-state index contributed by atoms with van der Waals surface area (Å²) < 4.78 is 5.75. The Morgan fingerprint density at radius 1 is 1.16 bits per heavy atom. The molecule has 3 heteroatoms. The highest BCUT2D eigenvalue weighted by Gasteiger charge is 2.01. The normalized spacial score (nSPS) is 11.4. The van der Waals surface area contributed by atoms with E-state index in [-0.39, 0.29) is 0 Å². The van der Waals surface area contributed by atoms with E-state index in [1.54, 1.807) is 6.92 Å². The molecule has 0 atom stereocenters. The number of oxime groups is 1. The van der Waals surface area contributed by atoms with E-state index in [1.807, 2.05) is 36.4 Å². The molecule has 0 amide bonds. The molecule has 1 N–H and O–H groups in total. The summed E-state index contributed by atoms with van der Waals surface area (Å²) >= 11 is 0. The van der Waals surface area contributed by atoms with E-state index in [0.717, 1.165) is 16.9 Å². The van der Waals surface area contributed by atoms with Crippen molar-refractivity contribution in [1.82, 2.24) is 0 Å². The van der Waals surface area contributed by atoms with E-state index in [9.17, 15) is 0 Å². The molecule has 0 saturated heterocycles. The number of hydrogen-bond donors (Lipinski definition) is 1. The smallest absolute Gasteiger partial charge is 0.120 e. The maximum atomic E-state index is 8.76. The van der Waals surface area contributed by atoms with Crippen molar-refractivity contribution in [2.45, 2.75) is 20.5 Å². The molecule has 2 aromatic carbocycles. The Balaban J connectivity index is 2.08. The van der Waals surface area contributed by atoms with Crippen LogP contribution in [0.15, 0.2) is 53.7 Å². The summed E-state index contributed by atoms with van der Waals surface area (Å²) in [5.41, 5.74) is 3.78. The van der Waals surface area contributed by atoms with Gasteiger partial charge in [-0.15, -0.1) is 0 Å². The molecule has 19 heavy (non-hydrogen) atoms. The Morgan fingerprint density at radius 3 is 2.68 bits per heavy atom. The fourth-order valence-electron chi connectivity index (χ4n) is 1.84. The van der Waals surface area contributed by atoms with Crippen molar-refractivity contribution < 1.29 is 9.94 Å². The minimum absolute atomic E-state index is 0.528. The van der Waals surface area contributed by atoms with Crippen LogP contribution in [-0.4, -0.2) is 10.9 Å². The first-order chi connectivity index (χ1) is 9.19. The predicted octanol–water partition coefficient (Wildman–Crippen LogP) is 3.77. The first-order valence-corrected chi connectivity index (χ1v) is 6.16. The Kier molecular flexibility index (Phi) is 4.18.